The predicted octanol–water partition coefficient (Wildman–Crippen LogP) is 2.82. The Morgan fingerprint density at radius 2 is 1.98 bits per heavy atom. The first-order chi connectivity index (χ1) is 20.8. The molecule has 2 atom stereocenters. The summed E-state index contributed by atoms with van der Waals surface area (Å²) in [5.41, 5.74) is 2.86. The van der Waals surface area contributed by atoms with Crippen LogP contribution in [0.2, 0.25) is 0 Å². The predicted molar refractivity (Wildman–Crippen MR) is 155 cm³/mol. The molecule has 0 unspecified atom stereocenters. The van der Waals surface area contributed by atoms with Gasteiger partial charge in [0, 0.05) is 26.1 Å². The van der Waals surface area contributed by atoms with E-state index in [2.05, 4.69) is 15.6 Å². The van der Waals surface area contributed by atoms with Crippen LogP contribution in [0.5, 0.6) is 17.2 Å². The molecule has 3 aromatic rings. The molecule has 3 heterocycles. The summed E-state index contributed by atoms with van der Waals surface area (Å²) in [5.74, 6) is 1.22. The van der Waals surface area contributed by atoms with E-state index in [0.717, 1.165) is 11.1 Å². The minimum atomic E-state index is -0.482. The highest BCUT2D eigenvalue weighted by molar-refractivity contribution is 5.85. The largest absolute Gasteiger partial charge is 0.493 e. The molecular weight excluding hydrogens is 554 g/mol. The average molecular weight is 592 g/mol. The van der Waals surface area contributed by atoms with Crippen molar-refractivity contribution in [3.63, 3.8) is 0 Å². The van der Waals surface area contributed by atoms with Gasteiger partial charge in [0.25, 0.3) is 0 Å². The van der Waals surface area contributed by atoms with Gasteiger partial charge in [-0.1, -0.05) is 28.5 Å². The van der Waals surface area contributed by atoms with E-state index in [1.54, 1.807) is 23.8 Å². The van der Waals surface area contributed by atoms with Crippen LogP contribution in [0.3, 0.4) is 0 Å². The van der Waals surface area contributed by atoms with E-state index in [1.807, 2.05) is 49.4 Å². The zero-order chi connectivity index (χ0) is 30.3. The molecule has 2 aliphatic heterocycles. The van der Waals surface area contributed by atoms with Crippen molar-refractivity contribution >= 4 is 17.7 Å². The second-order valence-corrected chi connectivity index (χ2v) is 10.8. The topological polar surface area (TPSA) is 136 Å². The molecular formula is C31H37N5O7. The van der Waals surface area contributed by atoms with Gasteiger partial charge in [-0.15, -0.1) is 0 Å². The van der Waals surface area contributed by atoms with Gasteiger partial charge in [-0.3, -0.25) is 14.4 Å². The third-order valence-electron chi connectivity index (χ3n) is 7.84. The standard InChI is InChI=1S/C31H37N5O7/c1-4-35-18-29(37)32-24-12-13-36(31(39)16-25-20(2)33-43-34-25)17-28(24)41-19-22-6-5-7-23(14-22)42-27-15-21(9-11-30(35)38)8-10-26(27)40-3/h5-8,10,14-15,24,28H,4,9,11-13,16-19H2,1-3H3,(H,32,37)/t24-,28-/m0/s1. The number of benzene rings is 2. The summed E-state index contributed by atoms with van der Waals surface area (Å²) < 4.78 is 22.8. The van der Waals surface area contributed by atoms with Crippen LogP contribution in [0.25, 0.3) is 0 Å². The van der Waals surface area contributed by atoms with Crippen LogP contribution in [-0.2, 0) is 38.6 Å². The van der Waals surface area contributed by atoms with E-state index >= 15 is 0 Å². The first kappa shape index (κ1) is 30.0. The van der Waals surface area contributed by atoms with Gasteiger partial charge in [0.1, 0.15) is 17.1 Å². The van der Waals surface area contributed by atoms with Gasteiger partial charge < -0.3 is 29.3 Å². The number of hydrogen-bond donors (Lipinski definition) is 1. The smallest absolute Gasteiger partial charge is 0.239 e. The van der Waals surface area contributed by atoms with Gasteiger partial charge >= 0.3 is 0 Å². The molecule has 12 heteroatoms. The highest BCUT2D eigenvalue weighted by Crippen LogP contribution is 2.33. The molecule has 12 nitrogen and oxygen atoms in total. The maximum Gasteiger partial charge on any atom is 0.239 e. The van der Waals surface area contributed by atoms with E-state index in [4.69, 9.17) is 18.8 Å². The molecule has 1 N–H and O–H groups in total. The van der Waals surface area contributed by atoms with Gasteiger partial charge in [-0.25, -0.2) is 4.63 Å². The number of likely N-dealkylation sites (tertiary alicyclic amines) is 1. The van der Waals surface area contributed by atoms with Gasteiger partial charge in [0.05, 0.1) is 38.8 Å². The quantitative estimate of drug-likeness (QED) is 0.486. The third-order valence-corrected chi connectivity index (χ3v) is 7.84. The Hall–Kier alpha value is -4.45. The van der Waals surface area contributed by atoms with Crippen molar-refractivity contribution in [3.05, 3.63) is 65.0 Å². The maximum absolute atomic E-state index is 13.2. The van der Waals surface area contributed by atoms with Crippen molar-refractivity contribution in [2.75, 3.05) is 33.3 Å². The molecule has 0 radical (unpaired) electrons. The van der Waals surface area contributed by atoms with Gasteiger partial charge in [0.2, 0.25) is 17.7 Å². The molecule has 2 aromatic carbocycles. The Bertz CT molecular complexity index is 1460. The van der Waals surface area contributed by atoms with Crippen molar-refractivity contribution in [1.82, 2.24) is 25.4 Å². The number of ether oxygens (including phenoxy) is 3. The zero-order valence-corrected chi connectivity index (χ0v) is 24.7. The Kier molecular flexibility index (Phi) is 9.55. The minimum absolute atomic E-state index is 0.0569. The van der Waals surface area contributed by atoms with Gasteiger partial charge in [-0.05, 0) is 62.1 Å². The van der Waals surface area contributed by atoms with Crippen molar-refractivity contribution < 1.29 is 33.2 Å². The fourth-order valence-electron chi connectivity index (χ4n) is 5.34. The maximum atomic E-state index is 13.2. The Balaban J connectivity index is 1.39. The van der Waals surface area contributed by atoms with Crippen LogP contribution >= 0.6 is 0 Å². The summed E-state index contributed by atoms with van der Waals surface area (Å²) in [6, 6.07) is 12.8. The lowest BCUT2D eigenvalue weighted by atomic mass is 10.0. The molecule has 3 amide bonds. The molecule has 0 spiro atoms. The Labute approximate surface area is 250 Å². The Morgan fingerprint density at radius 1 is 1.12 bits per heavy atom. The number of fused-ring (bicyclic) bond motifs is 5. The van der Waals surface area contributed by atoms with Crippen LogP contribution < -0.4 is 14.8 Å². The summed E-state index contributed by atoms with van der Waals surface area (Å²) in [7, 11) is 1.58. The highest BCUT2D eigenvalue weighted by atomic mass is 16.6. The fraction of sp³-hybridized carbons (Fsp3) is 0.452. The SMILES string of the molecule is CCN1CC(=O)N[C@H]2CCN(C(=O)Cc3nonc3C)C[C@@H]2OCc2cccc(c2)Oc2cc(ccc2OC)CCC1=O. The molecule has 1 aromatic heterocycles. The molecule has 43 heavy (non-hydrogen) atoms. The normalized spacial score (nSPS) is 19.9. The fourth-order valence-corrected chi connectivity index (χ4v) is 5.34. The number of amides is 3. The number of aryl methyl sites for hydroxylation is 2. The molecule has 2 aliphatic rings. The summed E-state index contributed by atoms with van der Waals surface area (Å²) >= 11 is 0. The van der Waals surface area contributed by atoms with E-state index < -0.39 is 6.10 Å². The first-order valence-corrected chi connectivity index (χ1v) is 14.5. The number of aromatic nitrogens is 2. The van der Waals surface area contributed by atoms with Crippen LogP contribution in [0.15, 0.2) is 47.1 Å². The molecule has 0 aliphatic carbocycles. The number of piperidine rings is 1. The molecule has 1 fully saturated rings. The van der Waals surface area contributed by atoms with Crippen molar-refractivity contribution in [2.45, 2.75) is 58.3 Å². The monoisotopic (exact) mass is 591 g/mol. The highest BCUT2D eigenvalue weighted by Gasteiger charge is 2.34. The average Bonchev–Trinajstić information content (AvgIpc) is 3.41. The number of nitrogens with one attached hydrogen (secondary N) is 1. The number of likely N-dealkylation sites (N-methyl/N-ethyl adjacent to an activating group) is 1. The lowest BCUT2D eigenvalue weighted by molar-refractivity contribution is -0.139. The summed E-state index contributed by atoms with van der Waals surface area (Å²) in [4.78, 5) is 42.7. The van der Waals surface area contributed by atoms with E-state index in [9.17, 15) is 14.4 Å². The number of carbonyl (C=O) groups excluding carboxylic acids is 3. The van der Waals surface area contributed by atoms with Gasteiger partial charge in [-0.2, -0.15) is 0 Å². The molecule has 4 bridgehead atoms. The molecule has 5 rings (SSSR count). The second-order valence-electron chi connectivity index (χ2n) is 10.8. The molecule has 228 valence electrons. The summed E-state index contributed by atoms with van der Waals surface area (Å²) in [5, 5.41) is 10.7. The molecule has 0 saturated carbocycles. The van der Waals surface area contributed by atoms with Gasteiger partial charge in [0.15, 0.2) is 11.5 Å². The summed E-state index contributed by atoms with van der Waals surface area (Å²) in [6.07, 6.45) is 0.815. The lowest BCUT2D eigenvalue weighted by Crippen LogP contribution is -2.57. The van der Waals surface area contributed by atoms with Crippen LogP contribution in [-0.4, -0.2) is 83.3 Å². The van der Waals surface area contributed by atoms with E-state index in [-0.39, 0.29) is 56.3 Å². The number of nitrogens with zero attached hydrogens (tertiary/aromatic N) is 4. The van der Waals surface area contributed by atoms with Crippen molar-refractivity contribution in [3.8, 4) is 17.2 Å². The van der Waals surface area contributed by atoms with Crippen LogP contribution in [0.4, 0.5) is 0 Å². The lowest BCUT2D eigenvalue weighted by Gasteiger charge is -2.39. The van der Waals surface area contributed by atoms with Crippen LogP contribution in [0.1, 0.15) is 42.3 Å². The molecule has 1 saturated heterocycles. The van der Waals surface area contributed by atoms with Crippen LogP contribution in [0, 0.1) is 6.92 Å². The number of methoxy groups -OCH3 is 1. The zero-order valence-electron chi connectivity index (χ0n) is 24.7. The minimum Gasteiger partial charge on any atom is -0.493 e. The second kappa shape index (κ2) is 13.7. The summed E-state index contributed by atoms with van der Waals surface area (Å²) in [6.45, 7) is 4.90. The number of carbonyl (C=O) groups is 3. The Morgan fingerprint density at radius 3 is 2.74 bits per heavy atom. The van der Waals surface area contributed by atoms with Crippen molar-refractivity contribution in [1.29, 1.82) is 0 Å². The van der Waals surface area contributed by atoms with Crippen molar-refractivity contribution in [2.24, 2.45) is 0 Å². The first-order valence-electron chi connectivity index (χ1n) is 14.5. The van der Waals surface area contributed by atoms with E-state index in [0.29, 0.717) is 54.6 Å². The third kappa shape index (κ3) is 7.50. The van der Waals surface area contributed by atoms with E-state index in [1.165, 1.54) is 0 Å². The number of hydrogen-bond acceptors (Lipinski definition) is 9. The number of rotatable bonds is 4.